The Hall–Kier alpha value is -0.240. The van der Waals surface area contributed by atoms with Crippen LogP contribution in [-0.2, 0) is 9.47 Å². The number of nitrogens with one attached hydrogen (secondary N) is 1. The van der Waals surface area contributed by atoms with Gasteiger partial charge in [0.05, 0.1) is 12.6 Å². The van der Waals surface area contributed by atoms with Crippen molar-refractivity contribution < 1.29 is 24.8 Å². The van der Waals surface area contributed by atoms with Gasteiger partial charge in [-0.05, 0) is 6.92 Å². The number of aliphatic hydroxyl groups is 3. The smallest absolute Gasteiger partial charge is 0.178 e. The van der Waals surface area contributed by atoms with Crippen LogP contribution in [-0.4, -0.2) is 58.8 Å². The zero-order valence-corrected chi connectivity index (χ0v) is 7.83. The molecule has 0 radical (unpaired) electrons. The molecule has 0 unspecified atom stereocenters. The van der Waals surface area contributed by atoms with Gasteiger partial charge < -0.3 is 24.8 Å². The molecule has 2 saturated heterocycles. The number of hydrogen-bond donors (Lipinski definition) is 4. The molecule has 82 valence electrons. The summed E-state index contributed by atoms with van der Waals surface area (Å²) in [6, 6.07) is -0.428. The largest absolute Gasteiger partial charge is 0.394 e. The predicted molar refractivity (Wildman–Crippen MR) is 45.2 cm³/mol. The van der Waals surface area contributed by atoms with Crippen LogP contribution >= 0.6 is 0 Å². The van der Waals surface area contributed by atoms with Gasteiger partial charge in [-0.2, -0.15) is 0 Å². The zero-order valence-electron chi connectivity index (χ0n) is 7.83. The van der Waals surface area contributed by atoms with Crippen LogP contribution in [0.5, 0.6) is 0 Å². The molecule has 2 rings (SSSR count). The molecule has 0 aliphatic carbocycles. The van der Waals surface area contributed by atoms with Gasteiger partial charge in [-0.3, -0.25) is 5.32 Å². The Morgan fingerprint density at radius 2 is 1.93 bits per heavy atom. The number of rotatable bonds is 1. The van der Waals surface area contributed by atoms with Crippen molar-refractivity contribution in [1.29, 1.82) is 0 Å². The Labute approximate surface area is 81.4 Å². The highest BCUT2D eigenvalue weighted by Crippen LogP contribution is 2.26. The lowest BCUT2D eigenvalue weighted by Crippen LogP contribution is -2.60. The maximum Gasteiger partial charge on any atom is 0.178 e. The summed E-state index contributed by atoms with van der Waals surface area (Å²) >= 11 is 0. The van der Waals surface area contributed by atoms with Crippen LogP contribution in [0, 0.1) is 0 Å². The summed E-state index contributed by atoms with van der Waals surface area (Å²) in [6.07, 6.45) is -3.65. The molecule has 0 aromatic heterocycles. The molecule has 2 heterocycles. The molecule has 0 saturated carbocycles. The van der Waals surface area contributed by atoms with E-state index >= 15 is 0 Å². The summed E-state index contributed by atoms with van der Waals surface area (Å²) in [5.41, 5.74) is 0. The molecule has 6 nitrogen and oxygen atoms in total. The Morgan fingerprint density at radius 1 is 1.21 bits per heavy atom. The third-order valence-corrected chi connectivity index (χ3v) is 2.65. The van der Waals surface area contributed by atoms with Gasteiger partial charge in [0.25, 0.3) is 0 Å². The standard InChI is InChI=1S/C8H15NO5/c1-3-9-5-7(12)6(11)4(2-10)14-8(5)13-3/h3-12H,2H2,1H3/t3-,4+,5+,6+,7+,8-/m0/s1. The molecule has 2 aliphatic rings. The van der Waals surface area contributed by atoms with Crippen molar-refractivity contribution >= 4 is 0 Å². The first-order valence-corrected chi connectivity index (χ1v) is 4.67. The summed E-state index contributed by atoms with van der Waals surface area (Å²) in [6.45, 7) is 1.45. The first kappa shape index (κ1) is 10.3. The van der Waals surface area contributed by atoms with E-state index in [4.69, 9.17) is 14.6 Å². The lowest BCUT2D eigenvalue weighted by Gasteiger charge is -2.37. The summed E-state index contributed by atoms with van der Waals surface area (Å²) < 4.78 is 10.6. The maximum atomic E-state index is 9.68. The molecule has 0 amide bonds. The van der Waals surface area contributed by atoms with Gasteiger partial charge in [0, 0.05) is 0 Å². The second kappa shape index (κ2) is 3.73. The minimum atomic E-state index is -1.08. The van der Waals surface area contributed by atoms with Crippen molar-refractivity contribution in [2.24, 2.45) is 0 Å². The number of fused-ring (bicyclic) bond motifs is 1. The molecule has 0 bridgehead atoms. The van der Waals surface area contributed by atoms with Crippen LogP contribution in [0.25, 0.3) is 0 Å². The molecule has 6 heteroatoms. The summed E-state index contributed by atoms with van der Waals surface area (Å²) in [4.78, 5) is 0. The van der Waals surface area contributed by atoms with Gasteiger partial charge in [0.2, 0.25) is 0 Å². The molecule has 14 heavy (non-hydrogen) atoms. The van der Waals surface area contributed by atoms with Crippen molar-refractivity contribution in [3.8, 4) is 0 Å². The number of ether oxygens (including phenoxy) is 2. The van der Waals surface area contributed by atoms with Gasteiger partial charge >= 0.3 is 0 Å². The van der Waals surface area contributed by atoms with E-state index < -0.39 is 30.6 Å². The van der Waals surface area contributed by atoms with Crippen LogP contribution in [0.15, 0.2) is 0 Å². The topological polar surface area (TPSA) is 91.2 Å². The summed E-state index contributed by atoms with van der Waals surface area (Å²) in [7, 11) is 0. The molecular formula is C8H15NO5. The lowest BCUT2D eigenvalue weighted by molar-refractivity contribution is -0.247. The molecular weight excluding hydrogens is 190 g/mol. The van der Waals surface area contributed by atoms with Crippen molar-refractivity contribution in [3.63, 3.8) is 0 Å². The van der Waals surface area contributed by atoms with E-state index in [9.17, 15) is 10.2 Å². The van der Waals surface area contributed by atoms with E-state index in [2.05, 4.69) is 5.32 Å². The quantitative estimate of drug-likeness (QED) is 0.387. The molecule has 2 aliphatic heterocycles. The highest BCUT2D eigenvalue weighted by molar-refractivity contribution is 4.96. The minimum absolute atomic E-state index is 0.218. The molecule has 4 N–H and O–H groups in total. The minimum Gasteiger partial charge on any atom is -0.394 e. The Morgan fingerprint density at radius 3 is 2.57 bits per heavy atom. The number of hydrogen-bond acceptors (Lipinski definition) is 6. The van der Waals surface area contributed by atoms with Crippen molar-refractivity contribution in [2.45, 2.75) is 43.8 Å². The fourth-order valence-electron chi connectivity index (χ4n) is 1.89. The van der Waals surface area contributed by atoms with Gasteiger partial charge in [-0.15, -0.1) is 0 Å². The van der Waals surface area contributed by atoms with Gasteiger partial charge in [-0.25, -0.2) is 0 Å². The van der Waals surface area contributed by atoms with E-state index in [1.165, 1.54) is 0 Å². The monoisotopic (exact) mass is 205 g/mol. The highest BCUT2D eigenvalue weighted by atomic mass is 16.7. The van der Waals surface area contributed by atoms with Crippen LogP contribution < -0.4 is 5.32 Å². The first-order valence-electron chi connectivity index (χ1n) is 4.67. The zero-order chi connectivity index (χ0) is 10.3. The average Bonchev–Trinajstić information content (AvgIpc) is 2.52. The molecule has 2 fully saturated rings. The van der Waals surface area contributed by atoms with E-state index in [0.717, 1.165) is 0 Å². The second-order valence-corrected chi connectivity index (χ2v) is 3.68. The van der Waals surface area contributed by atoms with Gasteiger partial charge in [-0.1, -0.05) is 0 Å². The van der Waals surface area contributed by atoms with Crippen molar-refractivity contribution in [2.75, 3.05) is 6.61 Å². The van der Waals surface area contributed by atoms with Crippen LogP contribution in [0.3, 0.4) is 0 Å². The third kappa shape index (κ3) is 1.54. The second-order valence-electron chi connectivity index (χ2n) is 3.68. The van der Waals surface area contributed by atoms with E-state index in [0.29, 0.717) is 0 Å². The molecule has 6 atom stereocenters. The van der Waals surface area contributed by atoms with Crippen LogP contribution in [0.1, 0.15) is 6.92 Å². The van der Waals surface area contributed by atoms with Crippen molar-refractivity contribution in [3.05, 3.63) is 0 Å². The normalized spacial score (nSPS) is 53.1. The maximum absolute atomic E-state index is 9.68. The van der Waals surface area contributed by atoms with Gasteiger partial charge in [0.15, 0.2) is 6.29 Å². The highest BCUT2D eigenvalue weighted by Gasteiger charge is 2.48. The lowest BCUT2D eigenvalue weighted by atomic mass is 9.98. The van der Waals surface area contributed by atoms with E-state index in [1.54, 1.807) is 6.92 Å². The fraction of sp³-hybridized carbons (Fsp3) is 1.00. The molecule has 0 aromatic carbocycles. The molecule has 0 aromatic rings. The van der Waals surface area contributed by atoms with Crippen LogP contribution in [0.2, 0.25) is 0 Å². The summed E-state index contributed by atoms with van der Waals surface area (Å²) in [5.74, 6) is 0. The third-order valence-electron chi connectivity index (χ3n) is 2.65. The Kier molecular flexibility index (Phi) is 2.74. The number of aliphatic hydroxyl groups excluding tert-OH is 3. The van der Waals surface area contributed by atoms with E-state index in [-0.39, 0.29) is 12.8 Å². The Bertz CT molecular complexity index is 212. The van der Waals surface area contributed by atoms with E-state index in [1.807, 2.05) is 0 Å². The average molecular weight is 205 g/mol. The Balaban J connectivity index is 2.09. The van der Waals surface area contributed by atoms with Crippen LogP contribution in [0.4, 0.5) is 0 Å². The van der Waals surface area contributed by atoms with Crippen molar-refractivity contribution in [1.82, 2.24) is 5.32 Å². The fourth-order valence-corrected chi connectivity index (χ4v) is 1.89. The van der Waals surface area contributed by atoms with Gasteiger partial charge in [0.1, 0.15) is 24.5 Å². The first-order chi connectivity index (χ1) is 6.63. The predicted octanol–water partition coefficient (Wildman–Crippen LogP) is -2.24. The molecule has 0 spiro atoms. The SMILES string of the molecule is C[C@H]1N[C@H]2[C@@H](O1)O[C@H](CO)[C@@H](O)[C@@H]2O. The summed E-state index contributed by atoms with van der Waals surface area (Å²) in [5, 5.41) is 31.1.